The van der Waals surface area contributed by atoms with Crippen LogP contribution in [0.25, 0.3) is 0 Å². The highest BCUT2D eigenvalue weighted by molar-refractivity contribution is 6.31. The van der Waals surface area contributed by atoms with E-state index in [-0.39, 0.29) is 17.0 Å². The van der Waals surface area contributed by atoms with Gasteiger partial charge < -0.3 is 4.74 Å². The quantitative estimate of drug-likeness (QED) is 0.267. The molecule has 198 valence electrons. The second-order valence-electron chi connectivity index (χ2n) is 10.2. The van der Waals surface area contributed by atoms with Gasteiger partial charge in [0.2, 0.25) is 0 Å². The smallest absolute Gasteiger partial charge is 0.385 e. The van der Waals surface area contributed by atoms with Crippen LogP contribution in [0, 0.1) is 29.5 Å². The Bertz CT molecular complexity index is 1270. The molecule has 1 saturated heterocycles. The Kier molecular flexibility index (Phi) is 8.00. The van der Waals surface area contributed by atoms with Crippen molar-refractivity contribution < 1.29 is 31.9 Å². The fourth-order valence-corrected chi connectivity index (χ4v) is 5.42. The van der Waals surface area contributed by atoms with Crippen molar-refractivity contribution in [3.8, 4) is 6.07 Å². The minimum atomic E-state index is -5.44. The number of rotatable bonds is 4. The van der Waals surface area contributed by atoms with Gasteiger partial charge in [-0.15, -0.1) is 0 Å². The molecular formula is C26H24Cl2F4N2O3. The fourth-order valence-electron chi connectivity index (χ4n) is 5.01. The topological polar surface area (TPSA) is 79.2 Å². The molecule has 1 aliphatic rings. The zero-order chi connectivity index (χ0) is 27.9. The van der Waals surface area contributed by atoms with E-state index in [2.05, 4.69) is 16.1 Å². The molecular weight excluding hydrogens is 535 g/mol. The average molecular weight is 559 g/mol. The Balaban J connectivity index is 2.34. The summed E-state index contributed by atoms with van der Waals surface area (Å²) in [7, 11) is 0. The molecule has 0 saturated carbocycles. The van der Waals surface area contributed by atoms with Crippen molar-refractivity contribution in [2.45, 2.75) is 63.7 Å². The van der Waals surface area contributed by atoms with Crippen molar-refractivity contribution >= 4 is 35.1 Å². The van der Waals surface area contributed by atoms with Crippen LogP contribution in [-0.2, 0) is 19.7 Å². The van der Waals surface area contributed by atoms with Crippen LogP contribution < -0.4 is 5.32 Å². The van der Waals surface area contributed by atoms with Crippen LogP contribution in [-0.4, -0.2) is 30.2 Å². The molecule has 3 rings (SSSR count). The van der Waals surface area contributed by atoms with Crippen LogP contribution in [0.4, 0.5) is 17.6 Å². The van der Waals surface area contributed by atoms with E-state index in [9.17, 15) is 28.0 Å². The first-order valence-corrected chi connectivity index (χ1v) is 12.0. The van der Waals surface area contributed by atoms with E-state index in [1.54, 1.807) is 19.1 Å². The van der Waals surface area contributed by atoms with Gasteiger partial charge in [0.25, 0.3) is 0 Å². The monoisotopic (exact) mass is 558 g/mol. The van der Waals surface area contributed by atoms with Gasteiger partial charge in [0.1, 0.15) is 17.3 Å². The van der Waals surface area contributed by atoms with Gasteiger partial charge in [-0.3, -0.25) is 5.32 Å². The molecule has 4 atom stereocenters. The third kappa shape index (κ3) is 5.62. The van der Waals surface area contributed by atoms with Crippen LogP contribution >= 0.6 is 23.2 Å². The number of aryl methyl sites for hydroxylation is 1. The summed E-state index contributed by atoms with van der Waals surface area (Å²) in [6.07, 6.45) is -5.19. The molecule has 1 N–H and O–H groups in total. The summed E-state index contributed by atoms with van der Waals surface area (Å²) < 4.78 is 58.4. The van der Waals surface area contributed by atoms with Crippen molar-refractivity contribution in [1.82, 2.24) is 5.32 Å². The lowest BCUT2D eigenvalue weighted by Crippen LogP contribution is -2.44. The van der Waals surface area contributed by atoms with E-state index in [4.69, 9.17) is 23.2 Å². The number of hydrogen-bond acceptors (Lipinski definition) is 5. The van der Waals surface area contributed by atoms with Crippen molar-refractivity contribution in [3.63, 3.8) is 0 Å². The lowest BCUT2D eigenvalue weighted by Gasteiger charge is -2.38. The minimum Gasteiger partial charge on any atom is -0.385 e. The Labute approximate surface area is 221 Å². The number of nitriles is 1. The minimum absolute atomic E-state index is 0.186. The van der Waals surface area contributed by atoms with E-state index in [0.717, 1.165) is 0 Å². The number of benzene rings is 2. The maximum absolute atomic E-state index is 15.5. The number of ether oxygens (including phenoxy) is 1. The second-order valence-corrected chi connectivity index (χ2v) is 11.1. The number of hydrogen-bond donors (Lipinski definition) is 1. The summed E-state index contributed by atoms with van der Waals surface area (Å²) in [5.41, 5.74) is -1.39. The van der Waals surface area contributed by atoms with Crippen LogP contribution in [0.1, 0.15) is 49.8 Å². The third-order valence-corrected chi connectivity index (χ3v) is 6.91. The Morgan fingerprint density at radius 2 is 1.81 bits per heavy atom. The molecule has 11 heteroatoms. The number of nitrogens with one attached hydrogen (secondary N) is 1. The molecule has 2 aromatic carbocycles. The number of nitrogens with zero attached hydrogens (tertiary/aromatic N) is 1. The molecule has 0 bridgehead atoms. The van der Waals surface area contributed by atoms with Crippen LogP contribution in [0.5, 0.6) is 0 Å². The fraction of sp³-hybridized carbons (Fsp3) is 0.423. The molecule has 0 unspecified atom stereocenters. The van der Waals surface area contributed by atoms with Gasteiger partial charge in [0.15, 0.2) is 0 Å². The maximum Gasteiger partial charge on any atom is 0.491 e. The lowest BCUT2D eigenvalue weighted by atomic mass is 9.62. The number of carbonyl (C=O) groups excluding carboxylic acids is 2. The van der Waals surface area contributed by atoms with Gasteiger partial charge in [-0.2, -0.15) is 18.4 Å². The van der Waals surface area contributed by atoms with Crippen molar-refractivity contribution in [2.24, 2.45) is 5.41 Å². The van der Waals surface area contributed by atoms with Crippen molar-refractivity contribution in [3.05, 3.63) is 69.0 Å². The first-order chi connectivity index (χ1) is 17.0. The molecule has 0 aromatic heterocycles. The highest BCUT2D eigenvalue weighted by atomic mass is 35.5. The largest absolute Gasteiger partial charge is 0.491 e. The van der Waals surface area contributed by atoms with Gasteiger partial charge in [0, 0.05) is 17.0 Å². The number of alkyl halides is 3. The number of carbonyl (C=O) groups is 2. The Morgan fingerprint density at radius 1 is 1.16 bits per heavy atom. The van der Waals surface area contributed by atoms with E-state index in [1.165, 1.54) is 24.3 Å². The molecule has 0 amide bonds. The Hall–Kier alpha value is -2.67. The highest BCUT2D eigenvalue weighted by Crippen LogP contribution is 2.53. The van der Waals surface area contributed by atoms with Crippen LogP contribution in [0.3, 0.4) is 0 Å². The highest BCUT2D eigenvalue weighted by Gasteiger charge is 2.61. The van der Waals surface area contributed by atoms with Crippen LogP contribution in [0.15, 0.2) is 36.4 Å². The van der Waals surface area contributed by atoms with Gasteiger partial charge in [-0.05, 0) is 53.6 Å². The molecule has 5 nitrogen and oxygen atoms in total. The zero-order valence-corrected chi connectivity index (χ0v) is 21.9. The van der Waals surface area contributed by atoms with Gasteiger partial charge >= 0.3 is 18.1 Å². The van der Waals surface area contributed by atoms with E-state index in [0.29, 0.717) is 16.1 Å². The maximum atomic E-state index is 15.5. The summed E-state index contributed by atoms with van der Waals surface area (Å²) in [6, 6.07) is 8.35. The molecule has 2 aromatic rings. The SMILES string of the molecule is Cc1cc(Cl)ccc1[C@@]1(C#N)[C@H](CC(C)(C)C)N[C@@H](C(=O)OC(=O)C(F)(F)F)[C@@H]1c1cccc(Cl)c1F. The molecule has 37 heavy (non-hydrogen) atoms. The summed E-state index contributed by atoms with van der Waals surface area (Å²) in [4.78, 5) is 24.6. The van der Waals surface area contributed by atoms with E-state index in [1.807, 2.05) is 20.8 Å². The molecule has 1 heterocycles. The number of esters is 2. The summed E-state index contributed by atoms with van der Waals surface area (Å²) in [5.74, 6) is -6.67. The molecule has 0 spiro atoms. The first kappa shape index (κ1) is 28.9. The zero-order valence-electron chi connectivity index (χ0n) is 20.3. The van der Waals surface area contributed by atoms with Gasteiger partial charge in [-0.1, -0.05) is 62.2 Å². The average Bonchev–Trinajstić information content (AvgIpc) is 3.08. The molecule has 1 fully saturated rings. The first-order valence-electron chi connectivity index (χ1n) is 11.2. The lowest BCUT2D eigenvalue weighted by molar-refractivity contribution is -0.202. The number of halogens is 6. The van der Waals surface area contributed by atoms with E-state index < -0.39 is 52.8 Å². The molecule has 0 aliphatic carbocycles. The van der Waals surface area contributed by atoms with Gasteiger partial charge in [-0.25, -0.2) is 14.0 Å². The van der Waals surface area contributed by atoms with Crippen LogP contribution in [0.2, 0.25) is 10.0 Å². The van der Waals surface area contributed by atoms with E-state index >= 15 is 4.39 Å². The summed E-state index contributed by atoms with van der Waals surface area (Å²) in [6.45, 7) is 7.30. The third-order valence-electron chi connectivity index (χ3n) is 6.39. The normalized spacial score (nSPS) is 24.0. The van der Waals surface area contributed by atoms with Crippen molar-refractivity contribution in [1.29, 1.82) is 5.26 Å². The molecule has 1 aliphatic heterocycles. The second kappa shape index (κ2) is 10.2. The molecule has 0 radical (unpaired) electrons. The predicted molar refractivity (Wildman–Crippen MR) is 130 cm³/mol. The van der Waals surface area contributed by atoms with Gasteiger partial charge in [0.05, 0.1) is 11.1 Å². The Morgan fingerprint density at radius 3 is 2.35 bits per heavy atom. The predicted octanol–water partition coefficient (Wildman–Crippen LogP) is 6.39. The summed E-state index contributed by atoms with van der Waals surface area (Å²) >= 11 is 12.2. The standard InChI is InChI=1S/C26H24Cl2F4N2O3/c1-13-10-14(27)8-9-16(13)25(12-33)18(11-24(2,3)4)34-21(22(35)37-23(36)26(30,31)32)19(25)15-6-5-7-17(28)20(15)29/h5-10,18-19,21,34H,11H2,1-4H3/t18-,19-,21+,25-/m0/s1. The van der Waals surface area contributed by atoms with Crippen molar-refractivity contribution in [2.75, 3.05) is 0 Å². The summed E-state index contributed by atoms with van der Waals surface area (Å²) in [5, 5.41) is 13.7.